The minimum Gasteiger partial charge on any atom is -0.389 e. The molecule has 0 saturated heterocycles. The Labute approximate surface area is 158 Å². The number of fused-ring (bicyclic) bond motifs is 4. The fourth-order valence-corrected chi connectivity index (χ4v) is 9.37. The molecular weight excluding hydrogens is 320 g/mol. The van der Waals surface area contributed by atoms with Crippen molar-refractivity contribution in [2.75, 3.05) is 0 Å². The highest BCUT2D eigenvalue weighted by Gasteiger charge is 2.77. The van der Waals surface area contributed by atoms with Gasteiger partial charge in [-0.3, -0.25) is 4.79 Å². The highest BCUT2D eigenvalue weighted by atomic mass is 16.3. The van der Waals surface area contributed by atoms with Gasteiger partial charge in [-0.1, -0.05) is 26.8 Å². The molecule has 0 heterocycles. The normalized spacial score (nSPS) is 56.8. The SMILES string of the molecule is C=C[C@@H](O)[C@@H](C)[C@H]1CC[C@H]2[C@@H]3CC(=O)[C@]45C[C@H]4CC[C@]5(C)[C@H]3CC[C@]12C. The van der Waals surface area contributed by atoms with Gasteiger partial charge in [-0.25, -0.2) is 0 Å². The lowest BCUT2D eigenvalue weighted by Crippen LogP contribution is -2.55. The first-order chi connectivity index (χ1) is 12.3. The smallest absolute Gasteiger partial charge is 0.140 e. The maximum absolute atomic E-state index is 13.3. The lowest BCUT2D eigenvalue weighted by atomic mass is 9.45. The van der Waals surface area contributed by atoms with Gasteiger partial charge in [-0.05, 0) is 91.3 Å². The number of hydrogen-bond acceptors (Lipinski definition) is 2. The van der Waals surface area contributed by atoms with Crippen LogP contribution in [0.4, 0.5) is 0 Å². The molecule has 1 spiro atoms. The van der Waals surface area contributed by atoms with Crippen molar-refractivity contribution < 1.29 is 9.90 Å². The molecule has 0 unspecified atom stereocenters. The first-order valence-electron chi connectivity index (χ1n) is 11.1. The fourth-order valence-electron chi connectivity index (χ4n) is 9.37. The van der Waals surface area contributed by atoms with E-state index in [-0.39, 0.29) is 11.3 Å². The minimum atomic E-state index is -0.399. The minimum absolute atomic E-state index is 0.103. The number of carbonyl (C=O) groups is 1. The van der Waals surface area contributed by atoms with Gasteiger partial charge < -0.3 is 5.11 Å². The third-order valence-corrected chi connectivity index (χ3v) is 10.8. The van der Waals surface area contributed by atoms with E-state index in [4.69, 9.17) is 0 Å². The van der Waals surface area contributed by atoms with Crippen molar-refractivity contribution in [1.29, 1.82) is 0 Å². The molecule has 0 bridgehead atoms. The van der Waals surface area contributed by atoms with Crippen LogP contribution in [0.1, 0.15) is 72.1 Å². The summed E-state index contributed by atoms with van der Waals surface area (Å²) in [6.07, 6.45) is 11.1. The summed E-state index contributed by atoms with van der Waals surface area (Å²) in [6.45, 7) is 11.0. The summed E-state index contributed by atoms with van der Waals surface area (Å²) >= 11 is 0. The van der Waals surface area contributed by atoms with E-state index in [1.165, 1.54) is 44.9 Å². The zero-order valence-corrected chi connectivity index (χ0v) is 16.8. The first kappa shape index (κ1) is 17.5. The van der Waals surface area contributed by atoms with Crippen molar-refractivity contribution >= 4 is 5.78 Å². The number of aliphatic hydroxyl groups excluding tert-OH is 1. The van der Waals surface area contributed by atoms with E-state index in [1.54, 1.807) is 6.08 Å². The van der Waals surface area contributed by atoms with Gasteiger partial charge in [-0.2, -0.15) is 0 Å². The Morgan fingerprint density at radius 2 is 1.92 bits per heavy atom. The Morgan fingerprint density at radius 1 is 1.15 bits per heavy atom. The summed E-state index contributed by atoms with van der Waals surface area (Å²) in [5.74, 6) is 4.26. The highest BCUT2D eigenvalue weighted by molar-refractivity contribution is 5.91. The molecule has 0 radical (unpaired) electrons. The van der Waals surface area contributed by atoms with Gasteiger partial charge in [0.05, 0.1) is 6.10 Å². The number of ketones is 1. The zero-order chi connectivity index (χ0) is 18.5. The molecule has 0 aromatic carbocycles. The van der Waals surface area contributed by atoms with Crippen LogP contribution < -0.4 is 0 Å². The number of carbonyl (C=O) groups excluding carboxylic acids is 1. The number of aliphatic hydroxyl groups is 1. The van der Waals surface area contributed by atoms with Crippen LogP contribution in [-0.4, -0.2) is 17.0 Å². The second kappa shape index (κ2) is 5.25. The zero-order valence-electron chi connectivity index (χ0n) is 16.8. The number of rotatable bonds is 3. The van der Waals surface area contributed by atoms with Crippen molar-refractivity contribution in [3.05, 3.63) is 12.7 Å². The molecule has 2 heteroatoms. The van der Waals surface area contributed by atoms with Crippen molar-refractivity contribution in [3.8, 4) is 0 Å². The summed E-state index contributed by atoms with van der Waals surface area (Å²) in [7, 11) is 0. The Kier molecular flexibility index (Phi) is 3.52. The topological polar surface area (TPSA) is 37.3 Å². The maximum atomic E-state index is 13.3. The van der Waals surface area contributed by atoms with Crippen molar-refractivity contribution in [3.63, 3.8) is 0 Å². The molecule has 0 aromatic heterocycles. The van der Waals surface area contributed by atoms with Gasteiger partial charge in [0.2, 0.25) is 0 Å². The molecule has 144 valence electrons. The first-order valence-corrected chi connectivity index (χ1v) is 11.1. The molecule has 5 fully saturated rings. The van der Waals surface area contributed by atoms with Gasteiger partial charge in [0.25, 0.3) is 0 Å². The number of Topliss-reactive ketones (excluding diaryl/α,β-unsaturated/α-hetero) is 1. The predicted octanol–water partition coefficient (Wildman–Crippen LogP) is 5.01. The third kappa shape index (κ3) is 1.81. The summed E-state index contributed by atoms with van der Waals surface area (Å²) in [6, 6.07) is 0. The average Bonchev–Trinajstić information content (AvgIpc) is 3.15. The summed E-state index contributed by atoms with van der Waals surface area (Å²) in [4.78, 5) is 13.3. The van der Waals surface area contributed by atoms with Gasteiger partial charge in [0, 0.05) is 11.8 Å². The van der Waals surface area contributed by atoms with Crippen molar-refractivity contribution in [2.45, 2.75) is 78.2 Å². The van der Waals surface area contributed by atoms with Crippen LogP contribution in [0, 0.1) is 51.8 Å². The fraction of sp³-hybridized carbons (Fsp3) is 0.875. The lowest BCUT2D eigenvalue weighted by Gasteiger charge is -2.58. The lowest BCUT2D eigenvalue weighted by molar-refractivity contribution is -0.152. The van der Waals surface area contributed by atoms with E-state index in [0.29, 0.717) is 34.4 Å². The van der Waals surface area contributed by atoms with E-state index in [9.17, 15) is 9.90 Å². The van der Waals surface area contributed by atoms with Crippen LogP contribution in [0.5, 0.6) is 0 Å². The average molecular weight is 357 g/mol. The van der Waals surface area contributed by atoms with Gasteiger partial charge in [0.1, 0.15) is 5.78 Å². The molecule has 1 N–H and O–H groups in total. The van der Waals surface area contributed by atoms with Crippen LogP contribution in [0.3, 0.4) is 0 Å². The molecule has 5 aliphatic carbocycles. The van der Waals surface area contributed by atoms with E-state index < -0.39 is 6.10 Å². The second-order valence-electron chi connectivity index (χ2n) is 11.1. The molecular formula is C24H36O2. The molecule has 0 aliphatic heterocycles. The van der Waals surface area contributed by atoms with E-state index in [1.807, 2.05) is 0 Å². The van der Waals surface area contributed by atoms with Crippen molar-refractivity contribution in [2.24, 2.45) is 51.8 Å². The van der Waals surface area contributed by atoms with Crippen molar-refractivity contribution in [1.82, 2.24) is 0 Å². The maximum Gasteiger partial charge on any atom is 0.140 e. The molecule has 2 nitrogen and oxygen atoms in total. The Morgan fingerprint density at radius 3 is 2.62 bits per heavy atom. The molecule has 10 atom stereocenters. The van der Waals surface area contributed by atoms with Crippen LogP contribution in [0.15, 0.2) is 12.7 Å². The third-order valence-electron chi connectivity index (χ3n) is 10.8. The predicted molar refractivity (Wildman–Crippen MR) is 103 cm³/mol. The van der Waals surface area contributed by atoms with Crippen LogP contribution >= 0.6 is 0 Å². The number of hydrogen-bond donors (Lipinski definition) is 1. The van der Waals surface area contributed by atoms with E-state index in [2.05, 4.69) is 27.4 Å². The highest BCUT2D eigenvalue weighted by Crippen LogP contribution is 2.80. The van der Waals surface area contributed by atoms with E-state index in [0.717, 1.165) is 18.3 Å². The molecule has 26 heavy (non-hydrogen) atoms. The molecule has 0 aromatic rings. The van der Waals surface area contributed by atoms with Gasteiger partial charge >= 0.3 is 0 Å². The molecule has 5 aliphatic rings. The summed E-state index contributed by atoms with van der Waals surface area (Å²) < 4.78 is 0. The van der Waals surface area contributed by atoms with Crippen LogP contribution in [-0.2, 0) is 4.79 Å². The van der Waals surface area contributed by atoms with Gasteiger partial charge in [0.15, 0.2) is 0 Å². The Bertz CT molecular complexity index is 655. The van der Waals surface area contributed by atoms with Crippen LogP contribution in [0.25, 0.3) is 0 Å². The van der Waals surface area contributed by atoms with E-state index >= 15 is 0 Å². The standard InChI is InChI=1S/C24H36O2/c1-5-20(25)14(2)17-6-7-18-16-12-21(26)24-13-15(24)8-11-23(24,4)19(16)9-10-22(17,18)3/h5,14-20,25H,1,6-13H2,2-4H3/t14-,15+,16-,17+,18-,19-,20+,22+,23+,24-/m0/s1. The second-order valence-corrected chi connectivity index (χ2v) is 11.1. The monoisotopic (exact) mass is 356 g/mol. The quantitative estimate of drug-likeness (QED) is 0.722. The summed E-state index contributed by atoms with van der Waals surface area (Å²) in [5.41, 5.74) is 0.697. The Hall–Kier alpha value is -0.630. The molecule has 5 rings (SSSR count). The summed E-state index contributed by atoms with van der Waals surface area (Å²) in [5, 5.41) is 10.4. The van der Waals surface area contributed by atoms with Crippen LogP contribution in [0.2, 0.25) is 0 Å². The molecule has 5 saturated carbocycles. The molecule has 0 amide bonds. The Balaban J connectivity index is 1.46. The van der Waals surface area contributed by atoms with Gasteiger partial charge in [-0.15, -0.1) is 6.58 Å². The largest absolute Gasteiger partial charge is 0.389 e.